The van der Waals surface area contributed by atoms with E-state index in [4.69, 9.17) is 4.74 Å². The van der Waals surface area contributed by atoms with Crippen LogP contribution in [0, 0.1) is 0 Å². The van der Waals surface area contributed by atoms with E-state index in [0.29, 0.717) is 5.56 Å². The van der Waals surface area contributed by atoms with Crippen LogP contribution in [-0.4, -0.2) is 5.11 Å². The number of hydrogen-bond donors (Lipinski definition) is 1. The summed E-state index contributed by atoms with van der Waals surface area (Å²) in [6.45, 7) is 0. The number of hydrogen-bond acceptors (Lipinski definition) is 2. The Hall–Kier alpha value is -3.52. The fraction of sp³-hybridized carbons (Fsp3) is 0.0400. The SMILES string of the molecule is Oc1ccccc1C(Oc1ccccc1)(c1ccccc1)c1ccccc1. The first-order valence-electron chi connectivity index (χ1n) is 8.94. The Bertz CT molecular complexity index is 956. The number of phenols is 1. The molecule has 2 heteroatoms. The molecule has 0 aliphatic carbocycles. The second-order valence-electron chi connectivity index (χ2n) is 6.35. The Morgan fingerprint density at radius 2 is 0.963 bits per heavy atom. The molecule has 0 aliphatic heterocycles. The molecule has 1 N–H and O–H groups in total. The Morgan fingerprint density at radius 3 is 1.48 bits per heavy atom. The van der Waals surface area contributed by atoms with Crippen molar-refractivity contribution in [1.82, 2.24) is 0 Å². The smallest absolute Gasteiger partial charge is 0.188 e. The number of benzene rings is 4. The van der Waals surface area contributed by atoms with Gasteiger partial charge in [-0.3, -0.25) is 0 Å². The highest BCUT2D eigenvalue weighted by atomic mass is 16.5. The molecule has 4 aromatic rings. The minimum Gasteiger partial charge on any atom is -0.507 e. The maximum absolute atomic E-state index is 10.8. The summed E-state index contributed by atoms with van der Waals surface area (Å²) in [6, 6.07) is 37.1. The molecule has 27 heavy (non-hydrogen) atoms. The highest BCUT2D eigenvalue weighted by molar-refractivity contribution is 5.53. The summed E-state index contributed by atoms with van der Waals surface area (Å²) in [5.74, 6) is 0.926. The third-order valence-electron chi connectivity index (χ3n) is 4.66. The van der Waals surface area contributed by atoms with Crippen molar-refractivity contribution < 1.29 is 9.84 Å². The first kappa shape index (κ1) is 16.9. The van der Waals surface area contributed by atoms with E-state index >= 15 is 0 Å². The minimum atomic E-state index is -0.977. The number of rotatable bonds is 5. The molecule has 0 atom stereocenters. The zero-order valence-electron chi connectivity index (χ0n) is 14.8. The van der Waals surface area contributed by atoms with Crippen LogP contribution in [0.5, 0.6) is 11.5 Å². The highest BCUT2D eigenvalue weighted by Gasteiger charge is 2.40. The molecule has 0 unspecified atom stereocenters. The maximum atomic E-state index is 10.8. The second kappa shape index (κ2) is 7.38. The normalized spacial score (nSPS) is 11.1. The lowest BCUT2D eigenvalue weighted by Gasteiger charge is -2.36. The zero-order chi connectivity index (χ0) is 18.5. The summed E-state index contributed by atoms with van der Waals surface area (Å²) in [4.78, 5) is 0. The Kier molecular flexibility index (Phi) is 4.63. The van der Waals surface area contributed by atoms with Gasteiger partial charge in [-0.15, -0.1) is 0 Å². The molecule has 0 aliphatic rings. The van der Waals surface area contributed by atoms with Crippen LogP contribution in [0.3, 0.4) is 0 Å². The van der Waals surface area contributed by atoms with Gasteiger partial charge in [0.2, 0.25) is 0 Å². The van der Waals surface area contributed by atoms with Gasteiger partial charge in [-0.25, -0.2) is 0 Å². The van der Waals surface area contributed by atoms with Gasteiger partial charge >= 0.3 is 0 Å². The quantitative estimate of drug-likeness (QED) is 0.463. The molecule has 0 bridgehead atoms. The van der Waals surface area contributed by atoms with Gasteiger partial charge in [0.05, 0.1) is 0 Å². The van der Waals surface area contributed by atoms with Crippen molar-refractivity contribution in [2.24, 2.45) is 0 Å². The molecule has 0 fully saturated rings. The lowest BCUT2D eigenvalue weighted by Crippen LogP contribution is -2.36. The van der Waals surface area contributed by atoms with Crippen molar-refractivity contribution in [3.05, 3.63) is 132 Å². The lowest BCUT2D eigenvalue weighted by molar-refractivity contribution is 0.151. The third kappa shape index (κ3) is 3.18. The van der Waals surface area contributed by atoms with Crippen LogP contribution >= 0.6 is 0 Å². The average Bonchev–Trinajstić information content (AvgIpc) is 2.75. The summed E-state index contributed by atoms with van der Waals surface area (Å²) in [5.41, 5.74) is 1.62. The van der Waals surface area contributed by atoms with E-state index in [1.54, 1.807) is 6.07 Å². The fourth-order valence-electron chi connectivity index (χ4n) is 3.43. The van der Waals surface area contributed by atoms with E-state index < -0.39 is 5.60 Å². The van der Waals surface area contributed by atoms with Crippen LogP contribution in [0.25, 0.3) is 0 Å². The van der Waals surface area contributed by atoms with E-state index in [9.17, 15) is 5.11 Å². The summed E-state index contributed by atoms with van der Waals surface area (Å²) in [5, 5.41) is 10.8. The molecular formula is C25H20O2. The monoisotopic (exact) mass is 352 g/mol. The zero-order valence-corrected chi connectivity index (χ0v) is 14.8. The topological polar surface area (TPSA) is 29.5 Å². The first-order valence-corrected chi connectivity index (χ1v) is 8.94. The molecular weight excluding hydrogens is 332 g/mol. The van der Waals surface area contributed by atoms with Gasteiger partial charge in [0.1, 0.15) is 11.5 Å². The second-order valence-corrected chi connectivity index (χ2v) is 6.35. The van der Waals surface area contributed by atoms with Gasteiger partial charge in [-0.1, -0.05) is 97.1 Å². The van der Waals surface area contributed by atoms with Gasteiger partial charge < -0.3 is 9.84 Å². The largest absolute Gasteiger partial charge is 0.507 e. The number of ether oxygens (including phenoxy) is 1. The van der Waals surface area contributed by atoms with Crippen molar-refractivity contribution >= 4 is 0 Å². The third-order valence-corrected chi connectivity index (χ3v) is 4.66. The van der Waals surface area contributed by atoms with Gasteiger partial charge in [-0.2, -0.15) is 0 Å². The molecule has 2 nitrogen and oxygen atoms in total. The molecule has 0 aromatic heterocycles. The van der Waals surface area contributed by atoms with Crippen LogP contribution in [-0.2, 0) is 5.60 Å². The number of para-hydroxylation sites is 2. The molecule has 0 heterocycles. The standard InChI is InChI=1S/C25H20O2/c26-24-19-11-10-18-23(24)25(20-12-4-1-5-13-20,21-14-6-2-7-15-21)27-22-16-8-3-9-17-22/h1-19,26H. The van der Waals surface area contributed by atoms with E-state index in [1.807, 2.05) is 109 Å². The molecule has 0 spiro atoms. The van der Waals surface area contributed by atoms with Gasteiger partial charge in [0, 0.05) is 16.7 Å². The predicted octanol–water partition coefficient (Wildman–Crippen LogP) is 5.76. The molecule has 132 valence electrons. The van der Waals surface area contributed by atoms with E-state index in [0.717, 1.165) is 16.9 Å². The number of phenolic OH excluding ortho intramolecular Hbond substituents is 1. The van der Waals surface area contributed by atoms with Crippen LogP contribution in [0.2, 0.25) is 0 Å². The van der Waals surface area contributed by atoms with Crippen molar-refractivity contribution in [1.29, 1.82) is 0 Å². The van der Waals surface area contributed by atoms with Gasteiger partial charge in [0.15, 0.2) is 5.60 Å². The maximum Gasteiger partial charge on any atom is 0.188 e. The minimum absolute atomic E-state index is 0.195. The first-order chi connectivity index (χ1) is 13.3. The Morgan fingerprint density at radius 1 is 0.519 bits per heavy atom. The average molecular weight is 352 g/mol. The van der Waals surface area contributed by atoms with Crippen molar-refractivity contribution in [2.75, 3.05) is 0 Å². The van der Waals surface area contributed by atoms with Crippen LogP contribution in [0.1, 0.15) is 16.7 Å². The molecule has 0 saturated carbocycles. The number of aromatic hydroxyl groups is 1. The van der Waals surface area contributed by atoms with Crippen LogP contribution in [0.15, 0.2) is 115 Å². The summed E-state index contributed by atoms with van der Waals surface area (Å²) in [7, 11) is 0. The summed E-state index contributed by atoms with van der Waals surface area (Å²) in [6.07, 6.45) is 0. The van der Waals surface area contributed by atoms with E-state index in [2.05, 4.69) is 0 Å². The molecule has 0 radical (unpaired) electrons. The van der Waals surface area contributed by atoms with E-state index in [-0.39, 0.29) is 5.75 Å². The van der Waals surface area contributed by atoms with Crippen molar-refractivity contribution in [2.45, 2.75) is 5.60 Å². The van der Waals surface area contributed by atoms with Gasteiger partial charge in [-0.05, 0) is 18.2 Å². The predicted molar refractivity (Wildman–Crippen MR) is 108 cm³/mol. The fourth-order valence-corrected chi connectivity index (χ4v) is 3.43. The van der Waals surface area contributed by atoms with Crippen LogP contribution < -0.4 is 4.74 Å². The summed E-state index contributed by atoms with van der Waals surface area (Å²) < 4.78 is 6.68. The molecule has 0 saturated heterocycles. The summed E-state index contributed by atoms with van der Waals surface area (Å²) >= 11 is 0. The molecule has 0 amide bonds. The van der Waals surface area contributed by atoms with E-state index in [1.165, 1.54) is 0 Å². The Labute approximate surface area is 159 Å². The van der Waals surface area contributed by atoms with Crippen LogP contribution in [0.4, 0.5) is 0 Å². The lowest BCUT2D eigenvalue weighted by atomic mass is 9.79. The van der Waals surface area contributed by atoms with Gasteiger partial charge in [0.25, 0.3) is 0 Å². The van der Waals surface area contributed by atoms with Crippen molar-refractivity contribution in [3.8, 4) is 11.5 Å². The Balaban J connectivity index is 2.04. The molecule has 4 aromatic carbocycles. The molecule has 4 rings (SSSR count). The highest BCUT2D eigenvalue weighted by Crippen LogP contribution is 2.44. The van der Waals surface area contributed by atoms with Crippen molar-refractivity contribution in [3.63, 3.8) is 0 Å².